The third-order valence-electron chi connectivity index (χ3n) is 3.23. The van der Waals surface area contributed by atoms with Gasteiger partial charge in [0.25, 0.3) is 5.91 Å². The predicted octanol–water partition coefficient (Wildman–Crippen LogP) is 0.259. The lowest BCUT2D eigenvalue weighted by atomic mass is 10.1. The van der Waals surface area contributed by atoms with E-state index in [0.717, 1.165) is 32.2 Å². The molecule has 5 nitrogen and oxygen atoms in total. The van der Waals surface area contributed by atoms with Crippen molar-refractivity contribution in [1.82, 2.24) is 4.90 Å². The second kappa shape index (κ2) is 4.81. The van der Waals surface area contributed by atoms with Gasteiger partial charge in [0, 0.05) is 31.9 Å². The van der Waals surface area contributed by atoms with E-state index < -0.39 is 11.7 Å². The highest BCUT2D eigenvalue weighted by atomic mass is 19.1. The van der Waals surface area contributed by atoms with Crippen LogP contribution in [-0.2, 0) is 0 Å². The van der Waals surface area contributed by atoms with Crippen LogP contribution in [0.25, 0.3) is 0 Å². The van der Waals surface area contributed by atoms with E-state index in [2.05, 4.69) is 4.90 Å². The van der Waals surface area contributed by atoms with E-state index in [0.29, 0.717) is 5.69 Å². The van der Waals surface area contributed by atoms with E-state index in [1.807, 2.05) is 11.9 Å². The van der Waals surface area contributed by atoms with Crippen LogP contribution >= 0.6 is 0 Å². The van der Waals surface area contributed by atoms with E-state index in [1.165, 1.54) is 6.07 Å². The molecule has 1 aromatic rings. The molecule has 0 bridgehead atoms. The third-order valence-corrected chi connectivity index (χ3v) is 3.23. The first kappa shape index (κ1) is 12.6. The minimum absolute atomic E-state index is 0.0328. The van der Waals surface area contributed by atoms with Gasteiger partial charge >= 0.3 is 0 Å². The molecule has 0 radical (unpaired) electrons. The zero-order valence-corrected chi connectivity index (χ0v) is 10.3. The molecule has 1 fully saturated rings. The van der Waals surface area contributed by atoms with Crippen molar-refractivity contribution in [3.63, 3.8) is 0 Å². The topological polar surface area (TPSA) is 75.6 Å². The summed E-state index contributed by atoms with van der Waals surface area (Å²) in [4.78, 5) is 15.2. The number of primary amides is 1. The van der Waals surface area contributed by atoms with Crippen LogP contribution in [0.15, 0.2) is 12.1 Å². The van der Waals surface area contributed by atoms with Crippen LogP contribution in [0.1, 0.15) is 10.4 Å². The van der Waals surface area contributed by atoms with Gasteiger partial charge < -0.3 is 21.3 Å². The van der Waals surface area contributed by atoms with Gasteiger partial charge in [0.05, 0.1) is 11.3 Å². The number of nitrogens with two attached hydrogens (primary N) is 2. The Bertz CT molecular complexity index is 469. The van der Waals surface area contributed by atoms with Crippen molar-refractivity contribution in [3.8, 4) is 0 Å². The summed E-state index contributed by atoms with van der Waals surface area (Å²) in [6, 6.07) is 2.60. The molecule has 4 N–H and O–H groups in total. The fourth-order valence-corrected chi connectivity index (χ4v) is 2.08. The van der Waals surface area contributed by atoms with Crippen LogP contribution < -0.4 is 16.4 Å². The van der Waals surface area contributed by atoms with Crippen LogP contribution in [0.3, 0.4) is 0 Å². The van der Waals surface area contributed by atoms with Crippen LogP contribution in [-0.4, -0.2) is 44.0 Å². The quantitative estimate of drug-likeness (QED) is 0.740. The summed E-state index contributed by atoms with van der Waals surface area (Å²) in [5.74, 6) is -1.17. The monoisotopic (exact) mass is 252 g/mol. The first-order chi connectivity index (χ1) is 8.49. The van der Waals surface area contributed by atoms with E-state index >= 15 is 0 Å². The Morgan fingerprint density at radius 1 is 1.28 bits per heavy atom. The standard InChI is InChI=1S/C12H17FN4O/c1-16-2-4-17(5-3-16)11-7-10(14)8(12(15)18)6-9(11)13/h6-7H,2-5,14H2,1H3,(H2,15,18). The van der Waals surface area contributed by atoms with Crippen LogP contribution in [0.4, 0.5) is 15.8 Å². The maximum Gasteiger partial charge on any atom is 0.250 e. The minimum atomic E-state index is -0.712. The summed E-state index contributed by atoms with van der Waals surface area (Å²) >= 11 is 0. The van der Waals surface area contributed by atoms with Crippen molar-refractivity contribution in [2.45, 2.75) is 0 Å². The highest BCUT2D eigenvalue weighted by Crippen LogP contribution is 2.26. The van der Waals surface area contributed by atoms with Gasteiger partial charge in [-0.3, -0.25) is 4.79 Å². The third kappa shape index (κ3) is 2.38. The lowest BCUT2D eigenvalue weighted by molar-refractivity contribution is 0.100. The molecule has 0 spiro atoms. The van der Waals surface area contributed by atoms with Gasteiger partial charge in [0.2, 0.25) is 0 Å². The Hall–Kier alpha value is -1.82. The highest BCUT2D eigenvalue weighted by molar-refractivity contribution is 5.98. The van der Waals surface area contributed by atoms with Crippen LogP contribution in [0.2, 0.25) is 0 Å². The number of nitrogens with zero attached hydrogens (tertiary/aromatic N) is 2. The zero-order valence-electron chi connectivity index (χ0n) is 10.3. The molecule has 18 heavy (non-hydrogen) atoms. The summed E-state index contributed by atoms with van der Waals surface area (Å²) in [7, 11) is 2.03. The molecule has 1 saturated heterocycles. The molecule has 0 saturated carbocycles. The molecule has 6 heteroatoms. The Balaban J connectivity index is 2.29. The highest BCUT2D eigenvalue weighted by Gasteiger charge is 2.19. The number of hydrogen-bond acceptors (Lipinski definition) is 4. The Morgan fingerprint density at radius 2 is 1.89 bits per heavy atom. The van der Waals surface area contributed by atoms with Gasteiger partial charge in [-0.15, -0.1) is 0 Å². The zero-order chi connectivity index (χ0) is 13.3. The number of rotatable bonds is 2. The predicted molar refractivity (Wildman–Crippen MR) is 69.0 cm³/mol. The summed E-state index contributed by atoms with van der Waals surface area (Å²) < 4.78 is 14.0. The van der Waals surface area contributed by atoms with Crippen molar-refractivity contribution in [2.24, 2.45) is 5.73 Å². The maximum absolute atomic E-state index is 14.0. The fourth-order valence-electron chi connectivity index (χ4n) is 2.08. The molecule has 0 atom stereocenters. The number of nitrogen functional groups attached to an aromatic ring is 1. The number of hydrogen-bond donors (Lipinski definition) is 2. The molecule has 1 aliphatic rings. The molecule has 1 aliphatic heterocycles. The van der Waals surface area contributed by atoms with E-state index in [1.54, 1.807) is 0 Å². The SMILES string of the molecule is CN1CCN(c2cc(N)c(C(N)=O)cc2F)CC1. The average Bonchev–Trinajstić information content (AvgIpc) is 2.32. The lowest BCUT2D eigenvalue weighted by Crippen LogP contribution is -2.44. The first-order valence-electron chi connectivity index (χ1n) is 5.81. The molecular formula is C12H17FN4O. The largest absolute Gasteiger partial charge is 0.398 e. The van der Waals surface area contributed by atoms with Crippen molar-refractivity contribution in [3.05, 3.63) is 23.5 Å². The Morgan fingerprint density at radius 3 is 2.44 bits per heavy atom. The number of likely N-dealkylation sites (N-methyl/N-ethyl adjacent to an activating group) is 1. The fraction of sp³-hybridized carbons (Fsp3) is 0.417. The van der Waals surface area contributed by atoms with Crippen LogP contribution in [0.5, 0.6) is 0 Å². The minimum Gasteiger partial charge on any atom is -0.398 e. The van der Waals surface area contributed by atoms with Gasteiger partial charge in [0.1, 0.15) is 5.82 Å². The van der Waals surface area contributed by atoms with E-state index in [-0.39, 0.29) is 11.3 Å². The second-order valence-corrected chi connectivity index (χ2v) is 4.55. The summed E-state index contributed by atoms with van der Waals surface area (Å²) in [5, 5.41) is 0. The number of carbonyl (C=O) groups is 1. The molecule has 0 aromatic heterocycles. The van der Waals surface area contributed by atoms with Crippen LogP contribution in [0, 0.1) is 5.82 Å². The lowest BCUT2D eigenvalue weighted by Gasteiger charge is -2.34. The molecule has 98 valence electrons. The molecule has 2 rings (SSSR count). The van der Waals surface area contributed by atoms with Crippen molar-refractivity contribution in [2.75, 3.05) is 43.9 Å². The van der Waals surface area contributed by atoms with Gasteiger partial charge in [0.15, 0.2) is 0 Å². The van der Waals surface area contributed by atoms with E-state index in [4.69, 9.17) is 11.5 Å². The average molecular weight is 252 g/mol. The Labute approximate surface area is 105 Å². The number of piperazine rings is 1. The van der Waals surface area contributed by atoms with Gasteiger partial charge in [-0.25, -0.2) is 4.39 Å². The van der Waals surface area contributed by atoms with Gasteiger partial charge in [-0.05, 0) is 19.2 Å². The number of amides is 1. The molecular weight excluding hydrogens is 235 g/mol. The van der Waals surface area contributed by atoms with Crippen molar-refractivity contribution < 1.29 is 9.18 Å². The summed E-state index contributed by atoms with van der Waals surface area (Å²) in [5.41, 5.74) is 11.5. The number of carbonyl (C=O) groups excluding carboxylic acids is 1. The second-order valence-electron chi connectivity index (χ2n) is 4.55. The first-order valence-corrected chi connectivity index (χ1v) is 5.81. The summed E-state index contributed by atoms with van der Waals surface area (Å²) in [6.45, 7) is 3.22. The molecule has 1 amide bonds. The summed E-state index contributed by atoms with van der Waals surface area (Å²) in [6.07, 6.45) is 0. The molecule has 1 heterocycles. The molecule has 0 unspecified atom stereocenters. The van der Waals surface area contributed by atoms with Crippen molar-refractivity contribution >= 4 is 17.3 Å². The number of halogens is 1. The number of anilines is 2. The Kier molecular flexibility index (Phi) is 3.38. The van der Waals surface area contributed by atoms with E-state index in [9.17, 15) is 9.18 Å². The molecule has 0 aliphatic carbocycles. The number of benzene rings is 1. The smallest absolute Gasteiger partial charge is 0.250 e. The van der Waals surface area contributed by atoms with Gasteiger partial charge in [-0.1, -0.05) is 0 Å². The molecule has 1 aromatic carbocycles. The van der Waals surface area contributed by atoms with Gasteiger partial charge in [-0.2, -0.15) is 0 Å². The van der Waals surface area contributed by atoms with Crippen molar-refractivity contribution in [1.29, 1.82) is 0 Å². The maximum atomic E-state index is 14.0. The normalized spacial score (nSPS) is 16.9.